The van der Waals surface area contributed by atoms with Crippen LogP contribution in [0.15, 0.2) is 29.2 Å². The van der Waals surface area contributed by atoms with E-state index in [1.54, 1.807) is 28.6 Å². The monoisotopic (exact) mass is 462 g/mol. The number of piperidine rings is 1. The van der Waals surface area contributed by atoms with E-state index in [1.807, 2.05) is 9.80 Å². The molecule has 0 spiro atoms. The Morgan fingerprint density at radius 1 is 0.969 bits per heavy atom. The van der Waals surface area contributed by atoms with Gasteiger partial charge in [-0.25, -0.2) is 8.42 Å². The van der Waals surface area contributed by atoms with Crippen molar-refractivity contribution in [1.82, 2.24) is 14.1 Å². The Labute approximate surface area is 191 Å². The molecule has 3 fully saturated rings. The fourth-order valence-corrected chi connectivity index (χ4v) is 6.46. The summed E-state index contributed by atoms with van der Waals surface area (Å²) >= 11 is 0. The standard InChI is InChI=1S/C23H34N4O4S/c1-17-13-18(2)15-27(14-17)32(30,31)21-7-5-20(6-8-21)24-22(28)16-25-9-11-26(12-10-25)23(29)19-3-4-19/h5-8,17-19H,3-4,9-16H2,1-2H3,(H,24,28). The van der Waals surface area contributed by atoms with Gasteiger partial charge in [0.2, 0.25) is 21.8 Å². The summed E-state index contributed by atoms with van der Waals surface area (Å²) < 4.78 is 27.6. The van der Waals surface area contributed by atoms with Crippen molar-refractivity contribution in [2.75, 3.05) is 51.1 Å². The van der Waals surface area contributed by atoms with Gasteiger partial charge in [0.05, 0.1) is 11.4 Å². The van der Waals surface area contributed by atoms with Gasteiger partial charge in [0, 0.05) is 50.9 Å². The average molecular weight is 463 g/mol. The van der Waals surface area contributed by atoms with Crippen LogP contribution in [0, 0.1) is 17.8 Å². The third-order valence-corrected chi connectivity index (χ3v) is 8.43. The number of hydrogen-bond donors (Lipinski definition) is 1. The van der Waals surface area contributed by atoms with E-state index in [1.165, 1.54) is 0 Å². The molecule has 2 aliphatic heterocycles. The molecule has 2 unspecified atom stereocenters. The van der Waals surface area contributed by atoms with Gasteiger partial charge in [-0.1, -0.05) is 13.8 Å². The summed E-state index contributed by atoms with van der Waals surface area (Å²) in [6.45, 7) is 8.24. The lowest BCUT2D eigenvalue weighted by atomic mass is 9.94. The number of carbonyl (C=O) groups is 2. The summed E-state index contributed by atoms with van der Waals surface area (Å²) in [6, 6.07) is 6.43. The lowest BCUT2D eigenvalue weighted by Gasteiger charge is -2.34. The zero-order valence-electron chi connectivity index (χ0n) is 19.0. The van der Waals surface area contributed by atoms with Gasteiger partial charge in [0.15, 0.2) is 0 Å². The predicted octanol–water partition coefficient (Wildman–Crippen LogP) is 1.85. The first kappa shape index (κ1) is 23.2. The molecule has 2 atom stereocenters. The van der Waals surface area contributed by atoms with Gasteiger partial charge in [-0.2, -0.15) is 4.31 Å². The SMILES string of the molecule is CC1CC(C)CN(S(=O)(=O)c2ccc(NC(=O)CN3CCN(C(=O)C4CC4)CC3)cc2)C1. The van der Waals surface area contributed by atoms with Crippen LogP contribution < -0.4 is 5.32 Å². The number of sulfonamides is 1. The number of anilines is 1. The van der Waals surface area contributed by atoms with Gasteiger partial charge in [-0.3, -0.25) is 14.5 Å². The molecule has 1 saturated carbocycles. The van der Waals surface area contributed by atoms with E-state index in [-0.39, 0.29) is 29.2 Å². The molecule has 3 aliphatic rings. The second-order valence-electron chi connectivity index (χ2n) is 9.72. The molecule has 1 aromatic carbocycles. The quantitative estimate of drug-likeness (QED) is 0.697. The van der Waals surface area contributed by atoms with E-state index >= 15 is 0 Å². The van der Waals surface area contributed by atoms with E-state index < -0.39 is 10.0 Å². The minimum absolute atomic E-state index is 0.138. The van der Waals surface area contributed by atoms with Crippen molar-refractivity contribution < 1.29 is 18.0 Å². The molecule has 176 valence electrons. The maximum Gasteiger partial charge on any atom is 0.243 e. The molecule has 0 aromatic heterocycles. The van der Waals surface area contributed by atoms with Crippen molar-refractivity contribution in [3.05, 3.63) is 24.3 Å². The zero-order chi connectivity index (χ0) is 22.9. The van der Waals surface area contributed by atoms with E-state index in [0.29, 0.717) is 56.8 Å². The normalized spacial score (nSPS) is 25.5. The number of carbonyl (C=O) groups excluding carboxylic acids is 2. The highest BCUT2D eigenvalue weighted by atomic mass is 32.2. The number of hydrogen-bond acceptors (Lipinski definition) is 5. The molecule has 1 aliphatic carbocycles. The van der Waals surface area contributed by atoms with Crippen molar-refractivity contribution in [3.8, 4) is 0 Å². The van der Waals surface area contributed by atoms with E-state index in [9.17, 15) is 18.0 Å². The number of nitrogens with one attached hydrogen (secondary N) is 1. The first-order chi connectivity index (χ1) is 15.2. The number of nitrogens with zero attached hydrogens (tertiary/aromatic N) is 3. The van der Waals surface area contributed by atoms with Crippen LogP contribution in [0.2, 0.25) is 0 Å². The molecule has 1 aromatic rings. The molecular formula is C23H34N4O4S. The van der Waals surface area contributed by atoms with Crippen molar-refractivity contribution in [3.63, 3.8) is 0 Å². The lowest BCUT2D eigenvalue weighted by Crippen LogP contribution is -2.50. The van der Waals surface area contributed by atoms with Crippen molar-refractivity contribution >= 4 is 27.5 Å². The third-order valence-electron chi connectivity index (χ3n) is 6.59. The van der Waals surface area contributed by atoms with Crippen molar-refractivity contribution in [1.29, 1.82) is 0 Å². The van der Waals surface area contributed by atoms with Crippen LogP contribution in [0.25, 0.3) is 0 Å². The highest BCUT2D eigenvalue weighted by molar-refractivity contribution is 7.89. The Kier molecular flexibility index (Phi) is 6.88. The number of rotatable bonds is 6. The van der Waals surface area contributed by atoms with Crippen LogP contribution in [-0.2, 0) is 19.6 Å². The van der Waals surface area contributed by atoms with Crippen LogP contribution in [0.3, 0.4) is 0 Å². The van der Waals surface area contributed by atoms with Crippen LogP contribution in [0.5, 0.6) is 0 Å². The maximum atomic E-state index is 13.0. The second kappa shape index (κ2) is 9.49. The van der Waals surface area contributed by atoms with Crippen LogP contribution >= 0.6 is 0 Å². The van der Waals surface area contributed by atoms with Crippen LogP contribution in [0.1, 0.15) is 33.1 Å². The molecule has 2 amide bonds. The fourth-order valence-electron chi connectivity index (χ4n) is 4.78. The summed E-state index contributed by atoms with van der Waals surface area (Å²) in [6.07, 6.45) is 3.07. The molecule has 2 heterocycles. The lowest BCUT2D eigenvalue weighted by molar-refractivity contribution is -0.134. The topological polar surface area (TPSA) is 90.0 Å². The summed E-state index contributed by atoms with van der Waals surface area (Å²) in [5, 5.41) is 2.85. The predicted molar refractivity (Wildman–Crippen MR) is 123 cm³/mol. The molecule has 9 heteroatoms. The van der Waals surface area contributed by atoms with Gasteiger partial charge in [0.25, 0.3) is 0 Å². The van der Waals surface area contributed by atoms with Gasteiger partial charge < -0.3 is 10.2 Å². The van der Waals surface area contributed by atoms with Crippen molar-refractivity contribution in [2.45, 2.75) is 38.0 Å². The van der Waals surface area contributed by atoms with Crippen molar-refractivity contribution in [2.24, 2.45) is 17.8 Å². The summed E-state index contributed by atoms with van der Waals surface area (Å²) in [7, 11) is -3.53. The molecule has 0 bridgehead atoms. The fraction of sp³-hybridized carbons (Fsp3) is 0.652. The average Bonchev–Trinajstić information content (AvgIpc) is 3.59. The first-order valence-corrected chi connectivity index (χ1v) is 13.1. The Bertz CT molecular complexity index is 927. The smallest absolute Gasteiger partial charge is 0.243 e. The molecule has 4 rings (SSSR count). The Morgan fingerprint density at radius 3 is 2.12 bits per heavy atom. The van der Waals surface area contributed by atoms with Gasteiger partial charge in [-0.15, -0.1) is 0 Å². The summed E-state index contributed by atoms with van der Waals surface area (Å²) in [4.78, 5) is 28.8. The Hall–Kier alpha value is -1.97. The highest BCUT2D eigenvalue weighted by Gasteiger charge is 2.35. The van der Waals surface area contributed by atoms with Gasteiger partial charge >= 0.3 is 0 Å². The number of piperazine rings is 1. The third kappa shape index (κ3) is 5.50. The largest absolute Gasteiger partial charge is 0.340 e. The minimum Gasteiger partial charge on any atom is -0.340 e. The molecule has 0 radical (unpaired) electrons. The minimum atomic E-state index is -3.53. The van der Waals surface area contributed by atoms with Crippen LogP contribution in [0.4, 0.5) is 5.69 Å². The van der Waals surface area contributed by atoms with Gasteiger partial charge in [-0.05, 0) is 55.4 Å². The number of amides is 2. The Morgan fingerprint density at radius 2 is 1.56 bits per heavy atom. The Balaban J connectivity index is 1.28. The highest BCUT2D eigenvalue weighted by Crippen LogP contribution is 2.31. The van der Waals surface area contributed by atoms with E-state index in [4.69, 9.17) is 0 Å². The van der Waals surface area contributed by atoms with Crippen LogP contribution in [-0.4, -0.2) is 80.2 Å². The molecule has 1 N–H and O–H groups in total. The van der Waals surface area contributed by atoms with E-state index in [0.717, 1.165) is 19.3 Å². The summed E-state index contributed by atoms with van der Waals surface area (Å²) in [5.74, 6) is 1.05. The summed E-state index contributed by atoms with van der Waals surface area (Å²) in [5.41, 5.74) is 0.580. The molecule has 8 nitrogen and oxygen atoms in total. The maximum absolute atomic E-state index is 13.0. The zero-order valence-corrected chi connectivity index (χ0v) is 19.8. The number of benzene rings is 1. The van der Waals surface area contributed by atoms with Gasteiger partial charge in [0.1, 0.15) is 0 Å². The second-order valence-corrected chi connectivity index (χ2v) is 11.7. The first-order valence-electron chi connectivity index (χ1n) is 11.6. The molecular weight excluding hydrogens is 428 g/mol. The van der Waals surface area contributed by atoms with E-state index in [2.05, 4.69) is 19.2 Å². The molecule has 32 heavy (non-hydrogen) atoms. The molecule has 2 saturated heterocycles.